The van der Waals surface area contributed by atoms with Crippen LogP contribution in [-0.2, 0) is 6.42 Å². The number of aryl methyl sites for hydroxylation is 1. The summed E-state index contributed by atoms with van der Waals surface area (Å²) in [6, 6.07) is 15.6. The van der Waals surface area contributed by atoms with Crippen LogP contribution in [0, 0.1) is 0 Å². The monoisotopic (exact) mass is 322 g/mol. The molecule has 2 rings (SSSR count). The Kier molecular flexibility index (Phi) is 9.31. The number of allylic oxidation sites excluding steroid dienone is 2. The van der Waals surface area contributed by atoms with Crippen molar-refractivity contribution in [3.63, 3.8) is 0 Å². The van der Waals surface area contributed by atoms with Gasteiger partial charge in [-0.3, -0.25) is 0 Å². The Hall–Kier alpha value is -1.56. The van der Waals surface area contributed by atoms with Crippen molar-refractivity contribution < 1.29 is 0 Å². The van der Waals surface area contributed by atoms with Gasteiger partial charge in [-0.1, -0.05) is 100 Å². The van der Waals surface area contributed by atoms with E-state index < -0.39 is 0 Å². The average molecular weight is 323 g/mol. The zero-order valence-corrected chi connectivity index (χ0v) is 15.5. The van der Waals surface area contributed by atoms with Gasteiger partial charge in [-0.15, -0.1) is 0 Å². The molecule has 0 saturated heterocycles. The molecule has 0 aliphatic carbocycles. The van der Waals surface area contributed by atoms with E-state index in [2.05, 4.69) is 61.5 Å². The molecule has 0 spiro atoms. The summed E-state index contributed by atoms with van der Waals surface area (Å²) < 4.78 is 0. The summed E-state index contributed by atoms with van der Waals surface area (Å²) in [7, 11) is 0. The summed E-state index contributed by atoms with van der Waals surface area (Å²) >= 11 is 0. The molecule has 0 aliphatic heterocycles. The molecule has 0 radical (unpaired) electrons. The molecule has 0 aliphatic rings. The minimum Gasteiger partial charge on any atom is -0.0885 e. The Morgan fingerprint density at radius 1 is 0.667 bits per heavy atom. The summed E-state index contributed by atoms with van der Waals surface area (Å²) in [5, 5.41) is 2.73. The van der Waals surface area contributed by atoms with Gasteiger partial charge in [0.1, 0.15) is 0 Å². The highest BCUT2D eigenvalue weighted by atomic mass is 14.0. The van der Waals surface area contributed by atoms with Crippen LogP contribution in [0.3, 0.4) is 0 Å². The minimum atomic E-state index is 1.23. The largest absolute Gasteiger partial charge is 0.0885 e. The Balaban J connectivity index is 1.49. The molecule has 0 amide bonds. The molecular weight excluding hydrogens is 288 g/mol. The van der Waals surface area contributed by atoms with E-state index in [-0.39, 0.29) is 0 Å². The van der Waals surface area contributed by atoms with Crippen LogP contribution in [0.1, 0.15) is 76.7 Å². The molecule has 0 saturated carbocycles. The third-order valence-electron chi connectivity index (χ3n) is 4.79. The Labute approximate surface area is 149 Å². The lowest BCUT2D eigenvalue weighted by atomic mass is 10.0. The standard InChI is InChI=1S/C24H34/c1-2-3-4-5-6-7-8-9-10-11-12-13-16-22-19-20-23-17-14-15-18-24(23)21-22/h5-6,14-15,17-21H,2-4,7-13,16H2,1H3/b6-5+. The van der Waals surface area contributed by atoms with Crippen molar-refractivity contribution in [2.24, 2.45) is 0 Å². The summed E-state index contributed by atoms with van der Waals surface area (Å²) in [5.41, 5.74) is 1.49. The van der Waals surface area contributed by atoms with Gasteiger partial charge in [0, 0.05) is 0 Å². The number of benzene rings is 2. The van der Waals surface area contributed by atoms with E-state index >= 15 is 0 Å². The van der Waals surface area contributed by atoms with E-state index in [0.717, 1.165) is 0 Å². The molecule has 0 heterocycles. The van der Waals surface area contributed by atoms with E-state index in [0.29, 0.717) is 0 Å². The predicted molar refractivity (Wildman–Crippen MR) is 109 cm³/mol. The highest BCUT2D eigenvalue weighted by Gasteiger charge is 1.97. The SMILES string of the molecule is CCCC/C=C/CCCCCCCCc1ccc2ccccc2c1. The average Bonchev–Trinajstić information content (AvgIpc) is 2.62. The lowest BCUT2D eigenvalue weighted by Crippen LogP contribution is -1.87. The van der Waals surface area contributed by atoms with Crippen molar-refractivity contribution in [1.29, 1.82) is 0 Å². The molecule has 0 unspecified atom stereocenters. The van der Waals surface area contributed by atoms with Crippen molar-refractivity contribution in [2.45, 2.75) is 77.6 Å². The van der Waals surface area contributed by atoms with Crippen LogP contribution in [0.5, 0.6) is 0 Å². The van der Waals surface area contributed by atoms with Crippen LogP contribution in [0.15, 0.2) is 54.6 Å². The smallest absolute Gasteiger partial charge is 0.0181 e. The first kappa shape index (κ1) is 18.8. The van der Waals surface area contributed by atoms with Crippen molar-refractivity contribution in [1.82, 2.24) is 0 Å². The fraction of sp³-hybridized carbons (Fsp3) is 0.500. The van der Waals surface area contributed by atoms with Gasteiger partial charge in [0.25, 0.3) is 0 Å². The number of unbranched alkanes of at least 4 members (excludes halogenated alkanes) is 8. The molecule has 24 heavy (non-hydrogen) atoms. The van der Waals surface area contributed by atoms with Crippen molar-refractivity contribution >= 4 is 10.8 Å². The summed E-state index contributed by atoms with van der Waals surface area (Å²) in [4.78, 5) is 0. The fourth-order valence-electron chi connectivity index (χ4n) is 3.25. The first-order chi connectivity index (χ1) is 11.9. The topological polar surface area (TPSA) is 0 Å². The van der Waals surface area contributed by atoms with Crippen LogP contribution in [0.4, 0.5) is 0 Å². The second-order valence-corrected chi connectivity index (χ2v) is 6.96. The van der Waals surface area contributed by atoms with Crippen molar-refractivity contribution in [3.8, 4) is 0 Å². The third-order valence-corrected chi connectivity index (χ3v) is 4.79. The van der Waals surface area contributed by atoms with E-state index in [1.54, 1.807) is 0 Å². The van der Waals surface area contributed by atoms with Gasteiger partial charge in [0.2, 0.25) is 0 Å². The van der Waals surface area contributed by atoms with E-state index in [9.17, 15) is 0 Å². The molecule has 0 heteroatoms. The molecule has 0 N–H and O–H groups in total. The second-order valence-electron chi connectivity index (χ2n) is 6.96. The van der Waals surface area contributed by atoms with Gasteiger partial charge >= 0.3 is 0 Å². The van der Waals surface area contributed by atoms with Crippen LogP contribution >= 0.6 is 0 Å². The zero-order valence-electron chi connectivity index (χ0n) is 15.5. The molecule has 0 bridgehead atoms. The fourth-order valence-corrected chi connectivity index (χ4v) is 3.25. The normalized spacial score (nSPS) is 11.5. The molecule has 0 atom stereocenters. The quantitative estimate of drug-likeness (QED) is 0.275. The van der Waals surface area contributed by atoms with Crippen LogP contribution in [-0.4, -0.2) is 0 Å². The van der Waals surface area contributed by atoms with Crippen LogP contribution in [0.25, 0.3) is 10.8 Å². The maximum Gasteiger partial charge on any atom is -0.0181 e. The number of fused-ring (bicyclic) bond motifs is 1. The van der Waals surface area contributed by atoms with Crippen LogP contribution < -0.4 is 0 Å². The highest BCUT2D eigenvalue weighted by Crippen LogP contribution is 2.17. The van der Waals surface area contributed by atoms with Gasteiger partial charge in [-0.25, -0.2) is 0 Å². The Morgan fingerprint density at radius 3 is 2.12 bits per heavy atom. The maximum absolute atomic E-state index is 2.38. The molecule has 130 valence electrons. The van der Waals surface area contributed by atoms with E-state index in [4.69, 9.17) is 0 Å². The highest BCUT2D eigenvalue weighted by molar-refractivity contribution is 5.82. The van der Waals surface area contributed by atoms with Gasteiger partial charge in [0.05, 0.1) is 0 Å². The Morgan fingerprint density at radius 2 is 1.33 bits per heavy atom. The molecule has 0 fully saturated rings. The Bertz CT molecular complexity index is 594. The van der Waals surface area contributed by atoms with Crippen molar-refractivity contribution in [3.05, 3.63) is 60.2 Å². The third kappa shape index (κ3) is 7.34. The molecule has 2 aromatic carbocycles. The first-order valence-electron chi connectivity index (χ1n) is 10.0. The summed E-state index contributed by atoms with van der Waals surface area (Å²) in [6.45, 7) is 2.26. The number of rotatable bonds is 12. The van der Waals surface area contributed by atoms with Gasteiger partial charge in [0.15, 0.2) is 0 Å². The molecular formula is C24H34. The van der Waals surface area contributed by atoms with Crippen molar-refractivity contribution in [2.75, 3.05) is 0 Å². The molecule has 0 aromatic heterocycles. The summed E-state index contributed by atoms with van der Waals surface area (Å²) in [5.74, 6) is 0. The zero-order chi connectivity index (χ0) is 16.9. The molecule has 2 aromatic rings. The lowest BCUT2D eigenvalue weighted by Gasteiger charge is -2.04. The van der Waals surface area contributed by atoms with Gasteiger partial charge in [-0.05, 0) is 48.4 Å². The number of hydrogen-bond acceptors (Lipinski definition) is 0. The predicted octanol–water partition coefficient (Wildman–Crippen LogP) is 7.86. The first-order valence-corrected chi connectivity index (χ1v) is 10.0. The van der Waals surface area contributed by atoms with E-state index in [1.807, 2.05) is 0 Å². The maximum atomic E-state index is 2.38. The number of hydrogen-bond donors (Lipinski definition) is 0. The molecule has 0 nitrogen and oxygen atoms in total. The van der Waals surface area contributed by atoms with Gasteiger partial charge < -0.3 is 0 Å². The summed E-state index contributed by atoms with van der Waals surface area (Å²) in [6.07, 6.45) is 19.4. The van der Waals surface area contributed by atoms with E-state index in [1.165, 1.54) is 87.0 Å². The van der Waals surface area contributed by atoms with Gasteiger partial charge in [-0.2, -0.15) is 0 Å². The lowest BCUT2D eigenvalue weighted by molar-refractivity contribution is 0.596. The second kappa shape index (κ2) is 11.9. The minimum absolute atomic E-state index is 1.23. The van der Waals surface area contributed by atoms with Crippen LogP contribution in [0.2, 0.25) is 0 Å².